The Balaban J connectivity index is 2.48. The first-order chi connectivity index (χ1) is 8.83. The summed E-state index contributed by atoms with van der Waals surface area (Å²) in [5.74, 6) is 0.377. The molecule has 19 heavy (non-hydrogen) atoms. The van der Waals surface area contributed by atoms with Crippen LogP contribution in [0.25, 0.3) is 0 Å². The third-order valence-electron chi connectivity index (χ3n) is 2.69. The summed E-state index contributed by atoms with van der Waals surface area (Å²) in [7, 11) is 0.626. The summed E-state index contributed by atoms with van der Waals surface area (Å²) in [6, 6.07) is 1.13. The van der Waals surface area contributed by atoms with Gasteiger partial charge in [-0.15, -0.1) is 0 Å². The van der Waals surface area contributed by atoms with Crippen LogP contribution in [0.4, 0.5) is 0 Å². The van der Waals surface area contributed by atoms with Crippen molar-refractivity contribution in [3.8, 4) is 0 Å². The van der Waals surface area contributed by atoms with E-state index in [-0.39, 0.29) is 5.97 Å². The zero-order valence-corrected chi connectivity index (χ0v) is 13.5. The summed E-state index contributed by atoms with van der Waals surface area (Å²) in [5, 5.41) is 0. The Morgan fingerprint density at radius 1 is 1.42 bits per heavy atom. The summed E-state index contributed by atoms with van der Waals surface area (Å²) in [4.78, 5) is 15.7. The van der Waals surface area contributed by atoms with E-state index < -0.39 is 8.07 Å². The molecule has 0 spiro atoms. The SMILES string of the molecule is CCOC(=O)c1bn(COCC[Si](C)(C)C)c(C)n1. The predicted molar refractivity (Wildman–Crippen MR) is 78.4 cm³/mol. The fraction of sp³-hybridized carbons (Fsp3) is 0.750. The van der Waals surface area contributed by atoms with Crippen LogP contribution in [-0.2, 0) is 16.2 Å². The zero-order chi connectivity index (χ0) is 14.5. The van der Waals surface area contributed by atoms with Crippen molar-refractivity contribution in [3.63, 3.8) is 0 Å². The van der Waals surface area contributed by atoms with Gasteiger partial charge in [0.05, 0.1) is 0 Å². The molecule has 1 rings (SSSR count). The number of hydrogen-bond donors (Lipinski definition) is 0. The summed E-state index contributed by atoms with van der Waals surface area (Å²) in [5.41, 5.74) is 0.341. The molecule has 1 heterocycles. The summed E-state index contributed by atoms with van der Waals surface area (Å²) in [6.45, 7) is 12.1. The summed E-state index contributed by atoms with van der Waals surface area (Å²) in [6.07, 6.45) is 0. The van der Waals surface area contributed by atoms with Gasteiger partial charge >= 0.3 is 116 Å². The minimum absolute atomic E-state index is 0.341. The molecular weight excluding hydrogens is 259 g/mol. The molecule has 0 fully saturated rings. The first kappa shape index (κ1) is 16.1. The van der Waals surface area contributed by atoms with Crippen LogP contribution in [0.2, 0.25) is 25.7 Å². The van der Waals surface area contributed by atoms with Gasteiger partial charge in [0.15, 0.2) is 0 Å². The molecule has 0 aliphatic heterocycles. The number of hydrogen-bond acceptors (Lipinski definition) is 4. The normalized spacial score (nSPS) is 11.4. The van der Waals surface area contributed by atoms with E-state index in [9.17, 15) is 4.79 Å². The van der Waals surface area contributed by atoms with Gasteiger partial charge in [-0.2, -0.15) is 0 Å². The minimum atomic E-state index is -1.06. The van der Waals surface area contributed by atoms with E-state index in [4.69, 9.17) is 9.47 Å². The van der Waals surface area contributed by atoms with E-state index in [1.54, 1.807) is 14.0 Å². The second-order valence-corrected chi connectivity index (χ2v) is 11.3. The molecule has 5 nitrogen and oxygen atoms in total. The molecule has 0 unspecified atom stereocenters. The number of rotatable bonds is 7. The topological polar surface area (TPSA) is 53.4 Å². The Hall–Kier alpha value is -0.948. The Kier molecular flexibility index (Phi) is 5.93. The maximum atomic E-state index is 11.5. The molecule has 0 saturated heterocycles. The first-order valence-electron chi connectivity index (χ1n) is 6.62. The van der Waals surface area contributed by atoms with E-state index >= 15 is 0 Å². The monoisotopic (exact) mass is 282 g/mol. The molecule has 0 saturated carbocycles. The number of aryl methyl sites for hydroxylation is 1. The average Bonchev–Trinajstić information content (AvgIpc) is 2.66. The second-order valence-electron chi connectivity index (χ2n) is 5.71. The van der Waals surface area contributed by atoms with Gasteiger partial charge in [-0.05, 0) is 0 Å². The van der Waals surface area contributed by atoms with Gasteiger partial charge in [0.2, 0.25) is 0 Å². The molecule has 7 heteroatoms. The van der Waals surface area contributed by atoms with E-state index in [1.807, 2.05) is 11.4 Å². The summed E-state index contributed by atoms with van der Waals surface area (Å²) < 4.78 is 12.4. The molecule has 0 N–H and O–H groups in total. The Morgan fingerprint density at radius 3 is 2.68 bits per heavy atom. The van der Waals surface area contributed by atoms with Crippen LogP contribution in [0, 0.1) is 6.92 Å². The maximum absolute atomic E-state index is 11.5. The Morgan fingerprint density at radius 2 is 2.11 bits per heavy atom. The number of ether oxygens (including phenoxy) is 2. The molecule has 0 aliphatic carbocycles. The van der Waals surface area contributed by atoms with Gasteiger partial charge in [-0.3, -0.25) is 0 Å². The van der Waals surface area contributed by atoms with Crippen LogP contribution in [0.1, 0.15) is 23.1 Å². The van der Waals surface area contributed by atoms with Crippen LogP contribution in [0.5, 0.6) is 0 Å². The Bertz CT molecular complexity index is 429. The molecule has 0 bridgehead atoms. The van der Waals surface area contributed by atoms with Crippen LogP contribution < -0.4 is 0 Å². The van der Waals surface area contributed by atoms with Crippen LogP contribution in [-0.4, -0.2) is 43.8 Å². The standard InChI is InChI=1S/C12H23BN2O3Si/c1-6-18-12(16)11-13-15(10(2)14-11)9-17-7-8-19(3,4)5/h6-9H2,1-5H3. The van der Waals surface area contributed by atoms with Crippen molar-refractivity contribution in [1.29, 1.82) is 0 Å². The quantitative estimate of drug-likeness (QED) is 0.436. The molecule has 106 valence electrons. The molecule has 0 radical (unpaired) electrons. The number of esters is 1. The molecule has 0 atom stereocenters. The number of carbonyl (C=O) groups excluding carboxylic acids is 1. The zero-order valence-electron chi connectivity index (χ0n) is 12.5. The molecule has 0 aromatic carbocycles. The molecular formula is C12H23BN2O3Si. The van der Waals surface area contributed by atoms with Crippen molar-refractivity contribution in [3.05, 3.63) is 11.4 Å². The number of carbonyl (C=O) groups is 1. The molecule has 1 aromatic rings. The van der Waals surface area contributed by atoms with Gasteiger partial charge in [0.25, 0.3) is 0 Å². The van der Waals surface area contributed by atoms with E-state index in [2.05, 4.69) is 24.6 Å². The van der Waals surface area contributed by atoms with E-state index in [0.29, 0.717) is 18.9 Å². The van der Waals surface area contributed by atoms with Crippen molar-refractivity contribution in [2.45, 2.75) is 46.3 Å². The molecule has 0 aliphatic rings. The van der Waals surface area contributed by atoms with Crippen molar-refractivity contribution < 1.29 is 14.3 Å². The van der Waals surface area contributed by atoms with Crippen LogP contribution in [0.3, 0.4) is 0 Å². The van der Waals surface area contributed by atoms with Gasteiger partial charge < -0.3 is 0 Å². The number of aromatic nitrogens is 2. The average molecular weight is 282 g/mol. The van der Waals surface area contributed by atoms with Gasteiger partial charge in [0, 0.05) is 0 Å². The van der Waals surface area contributed by atoms with Crippen molar-refractivity contribution in [1.82, 2.24) is 9.46 Å². The van der Waals surface area contributed by atoms with Crippen molar-refractivity contribution >= 4 is 21.1 Å². The predicted octanol–water partition coefficient (Wildman–Crippen LogP) is 2.02. The fourth-order valence-corrected chi connectivity index (χ4v) is 2.24. The van der Waals surface area contributed by atoms with Crippen LogP contribution >= 0.6 is 0 Å². The summed E-state index contributed by atoms with van der Waals surface area (Å²) >= 11 is 0. The van der Waals surface area contributed by atoms with Gasteiger partial charge in [-0.1, -0.05) is 0 Å². The van der Waals surface area contributed by atoms with Gasteiger partial charge in [0.1, 0.15) is 0 Å². The Labute approximate surface area is 116 Å². The third kappa shape index (κ3) is 5.69. The second kappa shape index (κ2) is 7.00. The number of nitrogens with zero attached hydrogens (tertiary/aromatic N) is 2. The molecule has 1 aromatic heterocycles. The third-order valence-corrected chi connectivity index (χ3v) is 4.39. The van der Waals surface area contributed by atoms with Crippen LogP contribution in [0.15, 0.2) is 0 Å². The van der Waals surface area contributed by atoms with Crippen molar-refractivity contribution in [2.24, 2.45) is 0 Å². The van der Waals surface area contributed by atoms with Gasteiger partial charge in [-0.25, -0.2) is 0 Å². The molecule has 0 amide bonds. The van der Waals surface area contributed by atoms with E-state index in [1.165, 1.54) is 0 Å². The van der Waals surface area contributed by atoms with E-state index in [0.717, 1.165) is 18.5 Å². The first-order valence-corrected chi connectivity index (χ1v) is 10.3. The fourth-order valence-electron chi connectivity index (χ4n) is 1.48. The van der Waals surface area contributed by atoms with Crippen molar-refractivity contribution in [2.75, 3.05) is 13.2 Å².